The second-order valence-corrected chi connectivity index (χ2v) is 7.83. The molecule has 26 heavy (non-hydrogen) atoms. The molecule has 134 valence electrons. The summed E-state index contributed by atoms with van der Waals surface area (Å²) in [5, 5.41) is 18.2. The minimum Gasteiger partial charge on any atom is -0.492 e. The van der Waals surface area contributed by atoms with E-state index >= 15 is 0 Å². The van der Waals surface area contributed by atoms with E-state index in [9.17, 15) is 5.26 Å². The summed E-state index contributed by atoms with van der Waals surface area (Å²) in [6.07, 6.45) is 1.30. The van der Waals surface area contributed by atoms with Crippen molar-refractivity contribution in [3.8, 4) is 23.6 Å². The highest BCUT2D eigenvalue weighted by molar-refractivity contribution is 9.10. The van der Waals surface area contributed by atoms with Crippen molar-refractivity contribution in [1.82, 2.24) is 0 Å². The summed E-state index contributed by atoms with van der Waals surface area (Å²) in [7, 11) is 0. The van der Waals surface area contributed by atoms with Crippen LogP contribution in [0.1, 0.15) is 18.4 Å². The molecule has 0 fully saturated rings. The maximum Gasteiger partial charge on any atom is 0.133 e. The molecule has 0 aliphatic rings. The van der Waals surface area contributed by atoms with Gasteiger partial charge < -0.3 is 9.47 Å². The van der Waals surface area contributed by atoms with Crippen molar-refractivity contribution in [2.45, 2.75) is 17.7 Å². The van der Waals surface area contributed by atoms with Crippen molar-refractivity contribution in [3.05, 3.63) is 58.6 Å². The molecule has 0 saturated carbocycles. The summed E-state index contributed by atoms with van der Waals surface area (Å²) in [6, 6.07) is 19.2. The lowest BCUT2D eigenvalue weighted by Crippen LogP contribution is -2.17. The van der Waals surface area contributed by atoms with Gasteiger partial charge in [0, 0.05) is 4.83 Å². The summed E-state index contributed by atoms with van der Waals surface area (Å²) < 4.78 is 12.2. The number of hydrogen-bond acceptors (Lipinski definition) is 4. The van der Waals surface area contributed by atoms with Crippen molar-refractivity contribution in [2.75, 3.05) is 13.2 Å². The molecule has 0 aromatic heterocycles. The van der Waals surface area contributed by atoms with Crippen LogP contribution in [0.5, 0.6) is 11.5 Å². The summed E-state index contributed by atoms with van der Waals surface area (Å²) in [5.74, 6) is 1.36. The van der Waals surface area contributed by atoms with Crippen LogP contribution in [0, 0.1) is 28.6 Å². The molecule has 0 radical (unpaired) electrons. The summed E-state index contributed by atoms with van der Waals surface area (Å²) in [4.78, 5) is 0.0917. The summed E-state index contributed by atoms with van der Waals surface area (Å²) in [6.45, 7) is 0.937. The van der Waals surface area contributed by atoms with Gasteiger partial charge in [-0.3, -0.25) is 0 Å². The van der Waals surface area contributed by atoms with Crippen molar-refractivity contribution in [3.63, 3.8) is 0 Å². The maximum absolute atomic E-state index is 9.37. The van der Waals surface area contributed by atoms with Gasteiger partial charge in [0.2, 0.25) is 0 Å². The first-order chi connectivity index (χ1) is 12.6. The number of rotatable bonds is 9. The topological polar surface area (TPSA) is 66.0 Å². The quantitative estimate of drug-likeness (QED) is 0.449. The zero-order chi connectivity index (χ0) is 18.8. The Bertz CT molecular complexity index is 785. The predicted octanol–water partition coefficient (Wildman–Crippen LogP) is 5.46. The fourth-order valence-corrected chi connectivity index (χ4v) is 3.39. The normalized spacial score (nSPS) is 12.5. The number of alkyl halides is 1. The minimum atomic E-state index is -0.129. The van der Waals surface area contributed by atoms with Gasteiger partial charge in [-0.25, -0.2) is 0 Å². The molecule has 0 bridgehead atoms. The third-order valence-corrected chi connectivity index (χ3v) is 4.94. The Labute approximate surface area is 170 Å². The third-order valence-electron chi connectivity index (χ3n) is 3.68. The van der Waals surface area contributed by atoms with E-state index in [1.54, 1.807) is 18.2 Å². The lowest BCUT2D eigenvalue weighted by Gasteiger charge is -2.16. The zero-order valence-corrected chi connectivity index (χ0v) is 17.2. The van der Waals surface area contributed by atoms with Crippen LogP contribution < -0.4 is 9.47 Å². The number of para-hydroxylation sites is 1. The molecule has 2 unspecified atom stereocenters. The van der Waals surface area contributed by atoms with Gasteiger partial charge in [-0.05, 0) is 59.1 Å². The molecule has 0 heterocycles. The molecule has 0 aliphatic heterocycles. The molecule has 0 saturated heterocycles. The van der Waals surface area contributed by atoms with Crippen molar-refractivity contribution in [1.29, 1.82) is 10.5 Å². The largest absolute Gasteiger partial charge is 0.492 e. The van der Waals surface area contributed by atoms with Crippen LogP contribution >= 0.6 is 31.9 Å². The standard InChI is InChI=1S/C20H18Br2N2O2/c21-17(14-26-18-4-2-1-3-5-18)10-16(13-24)8-9-25-20-7-6-15(12-23)11-19(20)22/h1-7,11,16-17H,8-10,14H2. The van der Waals surface area contributed by atoms with Gasteiger partial charge in [0.15, 0.2) is 0 Å². The Kier molecular flexibility index (Phi) is 8.47. The lowest BCUT2D eigenvalue weighted by atomic mass is 10.0. The van der Waals surface area contributed by atoms with Crippen molar-refractivity contribution < 1.29 is 9.47 Å². The number of ether oxygens (including phenoxy) is 2. The molecule has 2 aromatic carbocycles. The molecule has 2 atom stereocenters. The molecule has 6 heteroatoms. The van der Waals surface area contributed by atoms with Crippen molar-refractivity contribution >= 4 is 31.9 Å². The number of nitrogens with zero attached hydrogens (tertiary/aromatic N) is 2. The zero-order valence-electron chi connectivity index (χ0n) is 14.1. The first-order valence-electron chi connectivity index (χ1n) is 8.16. The van der Waals surface area contributed by atoms with Gasteiger partial charge in [-0.15, -0.1) is 0 Å². The molecule has 4 nitrogen and oxygen atoms in total. The molecule has 2 aromatic rings. The molecular formula is C20H18Br2N2O2. The van der Waals surface area contributed by atoms with Crippen LogP contribution in [-0.4, -0.2) is 18.0 Å². The van der Waals surface area contributed by atoms with E-state index in [0.717, 1.165) is 10.2 Å². The first-order valence-corrected chi connectivity index (χ1v) is 9.87. The monoisotopic (exact) mass is 476 g/mol. The van der Waals surface area contributed by atoms with Gasteiger partial charge in [0.05, 0.1) is 34.7 Å². The van der Waals surface area contributed by atoms with Crippen LogP contribution in [-0.2, 0) is 0 Å². The van der Waals surface area contributed by atoms with Gasteiger partial charge in [-0.1, -0.05) is 34.1 Å². The van der Waals surface area contributed by atoms with E-state index in [2.05, 4.69) is 44.0 Å². The second-order valence-electron chi connectivity index (χ2n) is 5.68. The molecule has 0 aliphatic carbocycles. The van der Waals surface area contributed by atoms with E-state index in [0.29, 0.717) is 37.4 Å². The Balaban J connectivity index is 1.75. The first kappa shape index (κ1) is 20.3. The number of hydrogen-bond donors (Lipinski definition) is 0. The molecule has 0 spiro atoms. The highest BCUT2D eigenvalue weighted by atomic mass is 79.9. The van der Waals surface area contributed by atoms with Crippen molar-refractivity contribution in [2.24, 2.45) is 5.92 Å². The molecular weight excluding hydrogens is 460 g/mol. The molecule has 0 N–H and O–H groups in total. The van der Waals surface area contributed by atoms with Crippen LogP contribution in [0.2, 0.25) is 0 Å². The number of halogens is 2. The average molecular weight is 478 g/mol. The predicted molar refractivity (Wildman–Crippen MR) is 107 cm³/mol. The van der Waals surface area contributed by atoms with Crippen LogP contribution in [0.25, 0.3) is 0 Å². The maximum atomic E-state index is 9.37. The van der Waals surface area contributed by atoms with Gasteiger partial charge in [0.25, 0.3) is 0 Å². The Morgan fingerprint density at radius 2 is 1.81 bits per heavy atom. The number of nitriles is 2. The van der Waals surface area contributed by atoms with Gasteiger partial charge in [-0.2, -0.15) is 10.5 Å². The second kappa shape index (κ2) is 10.9. The van der Waals surface area contributed by atoms with Gasteiger partial charge in [0.1, 0.15) is 18.1 Å². The lowest BCUT2D eigenvalue weighted by molar-refractivity contribution is 0.274. The van der Waals surface area contributed by atoms with Crippen LogP contribution in [0.15, 0.2) is 53.0 Å². The number of benzene rings is 2. The Hall–Kier alpha value is -2.02. The van der Waals surface area contributed by atoms with E-state index in [1.807, 2.05) is 30.3 Å². The SMILES string of the molecule is N#Cc1ccc(OCCC(C#N)CC(Br)COc2ccccc2)c(Br)c1. The minimum absolute atomic E-state index is 0.0917. The fraction of sp³-hybridized carbons (Fsp3) is 0.300. The summed E-state index contributed by atoms with van der Waals surface area (Å²) in [5.41, 5.74) is 0.569. The highest BCUT2D eigenvalue weighted by Gasteiger charge is 2.15. The van der Waals surface area contributed by atoms with E-state index in [1.165, 1.54) is 0 Å². The highest BCUT2D eigenvalue weighted by Crippen LogP contribution is 2.26. The van der Waals surface area contributed by atoms with E-state index in [-0.39, 0.29) is 10.7 Å². The van der Waals surface area contributed by atoms with Crippen LogP contribution in [0.3, 0.4) is 0 Å². The molecule has 2 rings (SSSR count). The Morgan fingerprint density at radius 3 is 2.46 bits per heavy atom. The van der Waals surface area contributed by atoms with E-state index in [4.69, 9.17) is 14.7 Å². The fourth-order valence-electron chi connectivity index (χ4n) is 2.31. The third kappa shape index (κ3) is 6.71. The van der Waals surface area contributed by atoms with E-state index < -0.39 is 0 Å². The summed E-state index contributed by atoms with van der Waals surface area (Å²) >= 11 is 6.98. The van der Waals surface area contributed by atoms with Crippen LogP contribution in [0.4, 0.5) is 0 Å². The molecule has 0 amide bonds. The average Bonchev–Trinajstić information content (AvgIpc) is 2.67. The van der Waals surface area contributed by atoms with Gasteiger partial charge >= 0.3 is 0 Å². The Morgan fingerprint density at radius 1 is 1.04 bits per heavy atom. The smallest absolute Gasteiger partial charge is 0.133 e.